The molecule has 3 rings (SSSR count). The van der Waals surface area contributed by atoms with E-state index in [2.05, 4.69) is 10.3 Å². The van der Waals surface area contributed by atoms with E-state index in [1.165, 1.54) is 7.11 Å². The van der Waals surface area contributed by atoms with Gasteiger partial charge in [0.05, 0.1) is 14.2 Å². The third-order valence-corrected chi connectivity index (χ3v) is 4.18. The van der Waals surface area contributed by atoms with Crippen molar-refractivity contribution < 1.29 is 28.5 Å². The van der Waals surface area contributed by atoms with Gasteiger partial charge in [-0.1, -0.05) is 6.07 Å². The molecule has 0 saturated carbocycles. The van der Waals surface area contributed by atoms with Crippen molar-refractivity contribution in [3.05, 3.63) is 59.3 Å². The summed E-state index contributed by atoms with van der Waals surface area (Å²) in [6.45, 7) is 2.24. The van der Waals surface area contributed by atoms with Gasteiger partial charge in [-0.25, -0.2) is 9.79 Å². The summed E-state index contributed by atoms with van der Waals surface area (Å²) in [7, 11) is 3.07. The fourth-order valence-corrected chi connectivity index (χ4v) is 2.71. The van der Waals surface area contributed by atoms with Crippen LogP contribution in [0.2, 0.25) is 0 Å². The summed E-state index contributed by atoms with van der Waals surface area (Å²) in [5, 5.41) is 2.65. The minimum absolute atomic E-state index is 0.119. The largest absolute Gasteiger partial charge is 0.497 e. The summed E-state index contributed by atoms with van der Waals surface area (Å²) in [5.74, 6) is 1.00. The molecule has 156 valence electrons. The quantitative estimate of drug-likeness (QED) is 0.531. The molecule has 0 aromatic heterocycles. The Morgan fingerprint density at radius 3 is 2.53 bits per heavy atom. The molecule has 0 bridgehead atoms. The summed E-state index contributed by atoms with van der Waals surface area (Å²) in [4.78, 5) is 28.1. The smallest absolute Gasteiger partial charge is 0.363 e. The number of nitrogens with one attached hydrogen (secondary N) is 1. The number of carbonyl (C=O) groups excluding carboxylic acids is 2. The van der Waals surface area contributed by atoms with Crippen LogP contribution in [0.15, 0.2) is 53.2 Å². The van der Waals surface area contributed by atoms with Crippen LogP contribution < -0.4 is 19.5 Å². The minimum Gasteiger partial charge on any atom is -0.497 e. The number of aliphatic imine (C=N–C) groups is 1. The van der Waals surface area contributed by atoms with Crippen molar-refractivity contribution >= 4 is 23.9 Å². The van der Waals surface area contributed by atoms with Gasteiger partial charge in [0, 0.05) is 12.1 Å². The Kier molecular flexibility index (Phi) is 6.69. The molecule has 1 heterocycles. The molecule has 0 unspecified atom stereocenters. The first-order valence-electron chi connectivity index (χ1n) is 9.28. The van der Waals surface area contributed by atoms with Gasteiger partial charge in [0.15, 0.2) is 23.8 Å². The van der Waals surface area contributed by atoms with Crippen molar-refractivity contribution in [2.24, 2.45) is 4.99 Å². The molecular formula is C22H22N2O6. The van der Waals surface area contributed by atoms with Gasteiger partial charge in [-0.3, -0.25) is 4.79 Å². The molecule has 2 aromatic carbocycles. The zero-order valence-electron chi connectivity index (χ0n) is 16.9. The minimum atomic E-state index is -0.545. The third-order valence-electron chi connectivity index (χ3n) is 4.18. The number of nitrogens with zero attached hydrogens (tertiary/aromatic N) is 1. The molecule has 0 saturated heterocycles. The lowest BCUT2D eigenvalue weighted by atomic mass is 10.1. The van der Waals surface area contributed by atoms with Crippen LogP contribution in [0.3, 0.4) is 0 Å². The molecule has 8 heteroatoms. The average molecular weight is 410 g/mol. The number of esters is 1. The normalized spacial score (nSPS) is 14.2. The standard InChI is InChI=1S/C22H22N2O6/c1-4-23-20(25)13-29-18-10-5-14(12-19(18)28-3)11-17-22(26)30-21(24-17)15-6-8-16(27-2)9-7-15/h5-12H,4,13H2,1-3H3,(H,23,25)/b17-11-. The van der Waals surface area contributed by atoms with Gasteiger partial charge < -0.3 is 24.3 Å². The second-order valence-corrected chi connectivity index (χ2v) is 6.22. The van der Waals surface area contributed by atoms with E-state index in [1.54, 1.807) is 55.7 Å². The lowest BCUT2D eigenvalue weighted by molar-refractivity contribution is -0.130. The van der Waals surface area contributed by atoms with E-state index < -0.39 is 5.97 Å². The molecule has 1 aliphatic heterocycles. The van der Waals surface area contributed by atoms with Crippen LogP contribution in [0.1, 0.15) is 18.1 Å². The first-order chi connectivity index (χ1) is 14.5. The number of benzene rings is 2. The predicted molar refractivity (Wildman–Crippen MR) is 111 cm³/mol. The predicted octanol–water partition coefficient (Wildman–Crippen LogP) is 2.56. The first kappa shape index (κ1) is 20.9. The first-order valence-corrected chi connectivity index (χ1v) is 9.28. The second-order valence-electron chi connectivity index (χ2n) is 6.22. The van der Waals surface area contributed by atoms with Crippen LogP contribution in [0.4, 0.5) is 0 Å². The number of amides is 1. The van der Waals surface area contributed by atoms with Crippen molar-refractivity contribution in [3.63, 3.8) is 0 Å². The van der Waals surface area contributed by atoms with Gasteiger partial charge in [0.25, 0.3) is 5.91 Å². The molecule has 0 spiro atoms. The summed E-state index contributed by atoms with van der Waals surface area (Å²) in [6.07, 6.45) is 1.59. The molecule has 0 aliphatic carbocycles. The molecule has 0 atom stereocenters. The van der Waals surface area contributed by atoms with Crippen LogP contribution in [0.25, 0.3) is 6.08 Å². The number of rotatable bonds is 8. The number of methoxy groups -OCH3 is 2. The highest BCUT2D eigenvalue weighted by atomic mass is 16.6. The van der Waals surface area contributed by atoms with Crippen LogP contribution in [-0.4, -0.2) is 45.1 Å². The van der Waals surface area contributed by atoms with Gasteiger partial charge in [-0.2, -0.15) is 0 Å². The van der Waals surface area contributed by atoms with Gasteiger partial charge >= 0.3 is 5.97 Å². The zero-order chi connectivity index (χ0) is 21.5. The number of carbonyl (C=O) groups is 2. The second kappa shape index (κ2) is 9.60. The van der Waals surface area contributed by atoms with Crippen LogP contribution in [0.5, 0.6) is 17.2 Å². The Hall–Kier alpha value is -3.81. The Morgan fingerprint density at radius 1 is 1.10 bits per heavy atom. The average Bonchev–Trinajstić information content (AvgIpc) is 3.13. The highest BCUT2D eigenvalue weighted by Crippen LogP contribution is 2.30. The summed E-state index contributed by atoms with van der Waals surface area (Å²) in [5.41, 5.74) is 1.50. The van der Waals surface area contributed by atoms with E-state index in [4.69, 9.17) is 18.9 Å². The zero-order valence-corrected chi connectivity index (χ0v) is 16.9. The van der Waals surface area contributed by atoms with Crippen LogP contribution in [-0.2, 0) is 14.3 Å². The topological polar surface area (TPSA) is 95.5 Å². The Labute approximate surface area is 174 Å². The molecule has 1 N–H and O–H groups in total. The van der Waals surface area contributed by atoms with Gasteiger partial charge in [-0.05, 0) is 55.0 Å². The maximum absolute atomic E-state index is 12.2. The van der Waals surface area contributed by atoms with Crippen molar-refractivity contribution in [2.75, 3.05) is 27.4 Å². The maximum atomic E-state index is 12.2. The number of hydrogen-bond donors (Lipinski definition) is 1. The van der Waals surface area contributed by atoms with E-state index in [0.717, 1.165) is 0 Å². The fraction of sp³-hybridized carbons (Fsp3) is 0.227. The third kappa shape index (κ3) is 4.96. The molecule has 1 amide bonds. The van der Waals surface area contributed by atoms with Crippen molar-refractivity contribution in [1.82, 2.24) is 5.32 Å². The summed E-state index contributed by atoms with van der Waals surface area (Å²) >= 11 is 0. The highest BCUT2D eigenvalue weighted by molar-refractivity contribution is 6.12. The fourth-order valence-electron chi connectivity index (χ4n) is 2.71. The molecule has 2 aromatic rings. The highest BCUT2D eigenvalue weighted by Gasteiger charge is 2.24. The molecule has 0 fully saturated rings. The summed E-state index contributed by atoms with van der Waals surface area (Å²) in [6, 6.07) is 12.1. The lowest BCUT2D eigenvalue weighted by Crippen LogP contribution is -2.28. The van der Waals surface area contributed by atoms with Gasteiger partial charge in [0.1, 0.15) is 5.75 Å². The molecule has 0 radical (unpaired) electrons. The van der Waals surface area contributed by atoms with E-state index >= 15 is 0 Å². The van der Waals surface area contributed by atoms with E-state index in [1.807, 2.05) is 6.92 Å². The van der Waals surface area contributed by atoms with Gasteiger partial charge in [0.2, 0.25) is 5.90 Å². The maximum Gasteiger partial charge on any atom is 0.363 e. The molecule has 8 nitrogen and oxygen atoms in total. The molecular weight excluding hydrogens is 388 g/mol. The van der Waals surface area contributed by atoms with E-state index in [9.17, 15) is 9.59 Å². The number of cyclic esters (lactones) is 1. The van der Waals surface area contributed by atoms with E-state index in [-0.39, 0.29) is 24.1 Å². The van der Waals surface area contributed by atoms with Crippen molar-refractivity contribution in [1.29, 1.82) is 0 Å². The Balaban J connectivity index is 1.78. The van der Waals surface area contributed by atoms with Crippen molar-refractivity contribution in [2.45, 2.75) is 6.92 Å². The SMILES string of the molecule is CCNC(=O)COc1ccc(/C=C2\N=C(c3ccc(OC)cc3)OC2=O)cc1OC. The monoisotopic (exact) mass is 410 g/mol. The summed E-state index contributed by atoms with van der Waals surface area (Å²) < 4.78 is 21.2. The van der Waals surface area contributed by atoms with Gasteiger partial charge in [-0.15, -0.1) is 0 Å². The van der Waals surface area contributed by atoms with E-state index in [0.29, 0.717) is 34.9 Å². The van der Waals surface area contributed by atoms with Crippen LogP contribution in [0, 0.1) is 0 Å². The lowest BCUT2D eigenvalue weighted by Gasteiger charge is -2.11. The van der Waals surface area contributed by atoms with Crippen molar-refractivity contribution in [3.8, 4) is 17.2 Å². The molecule has 30 heavy (non-hydrogen) atoms. The molecule has 1 aliphatic rings. The number of likely N-dealkylation sites (N-methyl/N-ethyl adjacent to an activating group) is 1. The Bertz CT molecular complexity index is 995. The number of hydrogen-bond acceptors (Lipinski definition) is 7. The Morgan fingerprint density at radius 2 is 1.87 bits per heavy atom. The van der Waals surface area contributed by atoms with Crippen LogP contribution >= 0.6 is 0 Å². The number of ether oxygens (including phenoxy) is 4.